The molecule has 0 aromatic rings. The monoisotopic (exact) mass is 287 g/mol. The van der Waals surface area contributed by atoms with Crippen molar-refractivity contribution >= 4 is 0 Å². The minimum absolute atomic E-state index is 0.199. The van der Waals surface area contributed by atoms with Gasteiger partial charge in [0.1, 0.15) is 0 Å². The number of ether oxygens (including phenoxy) is 1. The number of likely N-dealkylation sites (N-methyl/N-ethyl adjacent to an activating group) is 1. The van der Waals surface area contributed by atoms with Crippen LogP contribution in [0.4, 0.5) is 0 Å². The van der Waals surface area contributed by atoms with Gasteiger partial charge in [0.2, 0.25) is 0 Å². The maximum Gasteiger partial charge on any atom is 0.0899 e. The summed E-state index contributed by atoms with van der Waals surface area (Å²) in [6.07, 6.45) is 2.45. The summed E-state index contributed by atoms with van der Waals surface area (Å²) < 4.78 is 4.95. The number of nitrogens with zero attached hydrogens (tertiary/aromatic N) is 1. The summed E-state index contributed by atoms with van der Waals surface area (Å²) in [5.74, 6) is 0.987. The SMILES string of the molecule is COCC(O)CN(C)CC1CC(C(C)(C)C)CCC1O. The first kappa shape index (κ1) is 17.9. The third-order valence-corrected chi connectivity index (χ3v) is 4.59. The largest absolute Gasteiger partial charge is 0.393 e. The Balaban J connectivity index is 2.47. The molecule has 2 N–H and O–H groups in total. The molecule has 0 spiro atoms. The molecule has 1 rings (SSSR count). The molecule has 0 saturated heterocycles. The molecule has 0 amide bonds. The van der Waals surface area contributed by atoms with Crippen molar-refractivity contribution in [3.63, 3.8) is 0 Å². The van der Waals surface area contributed by atoms with Crippen LogP contribution in [0.3, 0.4) is 0 Å². The second-order valence-corrected chi connectivity index (χ2v) is 7.53. The van der Waals surface area contributed by atoms with E-state index in [-0.39, 0.29) is 6.10 Å². The van der Waals surface area contributed by atoms with E-state index in [2.05, 4.69) is 25.7 Å². The molecular weight excluding hydrogens is 254 g/mol. The van der Waals surface area contributed by atoms with Crippen LogP contribution >= 0.6 is 0 Å². The molecular formula is C16H33NO3. The van der Waals surface area contributed by atoms with Crippen molar-refractivity contribution in [2.24, 2.45) is 17.3 Å². The van der Waals surface area contributed by atoms with Crippen molar-refractivity contribution in [1.29, 1.82) is 0 Å². The molecule has 0 aromatic carbocycles. The molecule has 0 heterocycles. The number of aliphatic hydroxyl groups excluding tert-OH is 2. The fourth-order valence-electron chi connectivity index (χ4n) is 3.31. The average Bonchev–Trinajstić information content (AvgIpc) is 2.30. The minimum atomic E-state index is -0.454. The van der Waals surface area contributed by atoms with Crippen LogP contribution in [0.2, 0.25) is 0 Å². The first-order chi connectivity index (χ1) is 9.24. The predicted octanol–water partition coefficient (Wildman–Crippen LogP) is 1.75. The molecule has 0 bridgehead atoms. The van der Waals surface area contributed by atoms with E-state index in [9.17, 15) is 10.2 Å². The second-order valence-electron chi connectivity index (χ2n) is 7.53. The van der Waals surface area contributed by atoms with Gasteiger partial charge in [-0.15, -0.1) is 0 Å². The third kappa shape index (κ3) is 5.68. The molecule has 1 saturated carbocycles. The van der Waals surface area contributed by atoms with Crippen molar-refractivity contribution < 1.29 is 14.9 Å². The lowest BCUT2D eigenvalue weighted by Gasteiger charge is -2.41. The van der Waals surface area contributed by atoms with E-state index < -0.39 is 6.10 Å². The van der Waals surface area contributed by atoms with Crippen LogP contribution in [0.25, 0.3) is 0 Å². The van der Waals surface area contributed by atoms with Crippen LogP contribution < -0.4 is 0 Å². The number of methoxy groups -OCH3 is 1. The highest BCUT2D eigenvalue weighted by Crippen LogP contribution is 2.40. The van der Waals surface area contributed by atoms with E-state index in [0.717, 1.165) is 25.8 Å². The number of hydrogen-bond acceptors (Lipinski definition) is 4. The highest BCUT2D eigenvalue weighted by molar-refractivity contribution is 4.86. The first-order valence-corrected chi connectivity index (χ1v) is 7.77. The van der Waals surface area contributed by atoms with Gasteiger partial charge in [0.05, 0.1) is 18.8 Å². The summed E-state index contributed by atoms with van der Waals surface area (Å²) in [5.41, 5.74) is 0.312. The average molecular weight is 287 g/mol. The third-order valence-electron chi connectivity index (χ3n) is 4.59. The fraction of sp³-hybridized carbons (Fsp3) is 1.00. The lowest BCUT2D eigenvalue weighted by molar-refractivity contribution is -0.00565. The van der Waals surface area contributed by atoms with Crippen LogP contribution in [0.15, 0.2) is 0 Å². The minimum Gasteiger partial charge on any atom is -0.393 e. The summed E-state index contributed by atoms with van der Waals surface area (Å²) in [6, 6.07) is 0. The van der Waals surface area contributed by atoms with E-state index in [1.165, 1.54) is 0 Å². The smallest absolute Gasteiger partial charge is 0.0899 e. The molecule has 0 aliphatic heterocycles. The molecule has 1 aliphatic carbocycles. The van der Waals surface area contributed by atoms with Crippen LogP contribution in [-0.2, 0) is 4.74 Å². The Kier molecular flexibility index (Phi) is 6.92. The van der Waals surface area contributed by atoms with E-state index in [1.54, 1.807) is 7.11 Å². The Morgan fingerprint density at radius 2 is 1.95 bits per heavy atom. The molecule has 0 aromatic heterocycles. The van der Waals surface area contributed by atoms with Gasteiger partial charge in [-0.05, 0) is 43.6 Å². The molecule has 0 radical (unpaired) electrons. The van der Waals surface area contributed by atoms with E-state index >= 15 is 0 Å². The summed E-state index contributed by atoms with van der Waals surface area (Å²) in [7, 11) is 3.61. The standard InChI is InChI=1S/C16H33NO3/c1-16(2,3)13-6-7-15(19)12(8-13)9-17(4)10-14(18)11-20-5/h12-15,18-19H,6-11H2,1-5H3. The van der Waals surface area contributed by atoms with E-state index in [4.69, 9.17) is 4.74 Å². The Bertz CT molecular complexity index is 277. The van der Waals surface area contributed by atoms with Gasteiger partial charge in [-0.1, -0.05) is 20.8 Å². The number of aliphatic hydroxyl groups is 2. The number of hydrogen-bond donors (Lipinski definition) is 2. The van der Waals surface area contributed by atoms with Crippen molar-refractivity contribution in [2.45, 2.75) is 52.2 Å². The molecule has 4 heteroatoms. The molecule has 4 nitrogen and oxygen atoms in total. The zero-order valence-electron chi connectivity index (χ0n) is 13.8. The molecule has 4 unspecified atom stereocenters. The zero-order valence-corrected chi connectivity index (χ0v) is 13.8. The summed E-state index contributed by atoms with van der Waals surface area (Å²) in [6.45, 7) is 8.67. The molecule has 120 valence electrons. The zero-order chi connectivity index (χ0) is 15.3. The van der Waals surface area contributed by atoms with Gasteiger partial charge in [-0.2, -0.15) is 0 Å². The first-order valence-electron chi connectivity index (χ1n) is 7.77. The lowest BCUT2D eigenvalue weighted by Crippen LogP contribution is -2.42. The van der Waals surface area contributed by atoms with Gasteiger partial charge in [0.25, 0.3) is 0 Å². The van der Waals surface area contributed by atoms with Gasteiger partial charge in [0.15, 0.2) is 0 Å². The molecule has 4 atom stereocenters. The van der Waals surface area contributed by atoms with Crippen molar-refractivity contribution in [2.75, 3.05) is 33.9 Å². The maximum absolute atomic E-state index is 10.2. The van der Waals surface area contributed by atoms with Crippen molar-refractivity contribution in [1.82, 2.24) is 4.90 Å². The van der Waals surface area contributed by atoms with Gasteiger partial charge in [-0.25, -0.2) is 0 Å². The van der Waals surface area contributed by atoms with Crippen molar-refractivity contribution in [3.05, 3.63) is 0 Å². The maximum atomic E-state index is 10.2. The van der Waals surface area contributed by atoms with Gasteiger partial charge in [0, 0.05) is 20.2 Å². The normalized spacial score (nSPS) is 29.7. The van der Waals surface area contributed by atoms with Crippen LogP contribution in [0.1, 0.15) is 40.0 Å². The second kappa shape index (κ2) is 7.74. The Hall–Kier alpha value is -0.160. The van der Waals surface area contributed by atoms with E-state index in [1.807, 2.05) is 7.05 Å². The highest BCUT2D eigenvalue weighted by Gasteiger charge is 2.35. The summed E-state index contributed by atoms with van der Waals surface area (Å²) in [4.78, 5) is 2.11. The van der Waals surface area contributed by atoms with Crippen molar-refractivity contribution in [3.8, 4) is 0 Å². The molecule has 1 fully saturated rings. The molecule has 1 aliphatic rings. The Morgan fingerprint density at radius 1 is 1.30 bits per heavy atom. The summed E-state index contributed by atoms with van der Waals surface area (Å²) in [5, 5.41) is 20.0. The highest BCUT2D eigenvalue weighted by atomic mass is 16.5. The van der Waals surface area contributed by atoms with Gasteiger partial charge in [-0.3, -0.25) is 0 Å². The van der Waals surface area contributed by atoms with Gasteiger partial charge < -0.3 is 19.8 Å². The predicted molar refractivity (Wildman–Crippen MR) is 81.7 cm³/mol. The van der Waals surface area contributed by atoms with Gasteiger partial charge >= 0.3 is 0 Å². The fourth-order valence-corrected chi connectivity index (χ4v) is 3.31. The lowest BCUT2D eigenvalue weighted by atomic mass is 9.68. The quantitative estimate of drug-likeness (QED) is 0.781. The topological polar surface area (TPSA) is 52.9 Å². The Labute approximate surface area is 124 Å². The number of rotatable bonds is 6. The molecule has 20 heavy (non-hydrogen) atoms. The van der Waals surface area contributed by atoms with Crippen LogP contribution in [0, 0.1) is 17.3 Å². The Morgan fingerprint density at radius 3 is 2.50 bits per heavy atom. The van der Waals surface area contributed by atoms with Crippen LogP contribution in [-0.4, -0.2) is 61.2 Å². The van der Waals surface area contributed by atoms with Crippen LogP contribution in [0.5, 0.6) is 0 Å². The summed E-state index contributed by atoms with van der Waals surface area (Å²) >= 11 is 0. The van der Waals surface area contributed by atoms with E-state index in [0.29, 0.717) is 30.4 Å².